The molecule has 0 atom stereocenters. The van der Waals surface area contributed by atoms with Gasteiger partial charge in [0, 0.05) is 4.90 Å². The van der Waals surface area contributed by atoms with Crippen LogP contribution in [0.5, 0.6) is 0 Å². The molecule has 0 fully saturated rings. The number of hydrogen-bond donors (Lipinski definition) is 2. The van der Waals surface area contributed by atoms with Gasteiger partial charge >= 0.3 is 6.03 Å². The van der Waals surface area contributed by atoms with Crippen molar-refractivity contribution in [2.45, 2.75) is 18.2 Å². The molecule has 1 aliphatic rings. The Hall–Kier alpha value is -2.50. The van der Waals surface area contributed by atoms with E-state index in [-0.39, 0.29) is 6.54 Å². The lowest BCUT2D eigenvalue weighted by molar-refractivity contribution is -0.0379. The Labute approximate surface area is 158 Å². The van der Waals surface area contributed by atoms with Gasteiger partial charge in [0.2, 0.25) is 0 Å². The third kappa shape index (κ3) is 3.69. The van der Waals surface area contributed by atoms with Gasteiger partial charge in [0.15, 0.2) is 0 Å². The second-order valence-electron chi connectivity index (χ2n) is 6.19. The van der Waals surface area contributed by atoms with Crippen LogP contribution in [-0.2, 0) is 0 Å². The van der Waals surface area contributed by atoms with Crippen LogP contribution in [0.25, 0.3) is 17.2 Å². The first-order chi connectivity index (χ1) is 12.5. The van der Waals surface area contributed by atoms with Gasteiger partial charge in [0.05, 0.1) is 6.54 Å². The van der Waals surface area contributed by atoms with Gasteiger partial charge in [-0.2, -0.15) is 0 Å². The SMILES string of the molecule is CSc1ccc(/C=C2/C(CCN(O)C(N)=O)=C(C)c3ccccc32)cc1. The minimum Gasteiger partial charge on any atom is -0.350 e. The zero-order valence-corrected chi connectivity index (χ0v) is 15.7. The molecule has 5 heteroatoms. The van der Waals surface area contributed by atoms with E-state index < -0.39 is 6.03 Å². The summed E-state index contributed by atoms with van der Waals surface area (Å²) in [5.41, 5.74) is 12.1. The number of primary amides is 1. The molecule has 26 heavy (non-hydrogen) atoms. The lowest BCUT2D eigenvalue weighted by atomic mass is 9.98. The average molecular weight is 366 g/mol. The standard InChI is InChI=1S/C21H22N2O2S/c1-14-17-5-3-4-6-19(17)20(18(14)11-12-23(25)21(22)24)13-15-7-9-16(26-2)10-8-15/h3-10,13,25H,11-12H2,1-2H3,(H2,22,24)/b20-13-. The second-order valence-corrected chi connectivity index (χ2v) is 7.07. The first-order valence-corrected chi connectivity index (χ1v) is 9.65. The van der Waals surface area contributed by atoms with Crippen molar-refractivity contribution in [2.75, 3.05) is 12.8 Å². The van der Waals surface area contributed by atoms with E-state index in [1.807, 2.05) is 12.1 Å². The fraction of sp³-hybridized carbons (Fsp3) is 0.190. The highest BCUT2D eigenvalue weighted by Gasteiger charge is 2.23. The third-order valence-electron chi connectivity index (χ3n) is 4.65. The van der Waals surface area contributed by atoms with E-state index in [1.165, 1.54) is 21.6 Å². The van der Waals surface area contributed by atoms with E-state index in [4.69, 9.17) is 5.73 Å². The molecule has 0 aliphatic heterocycles. The van der Waals surface area contributed by atoms with Gasteiger partial charge in [-0.05, 0) is 71.2 Å². The van der Waals surface area contributed by atoms with Crippen molar-refractivity contribution in [2.24, 2.45) is 5.73 Å². The summed E-state index contributed by atoms with van der Waals surface area (Å²) in [5.74, 6) is 0. The van der Waals surface area contributed by atoms with Crippen molar-refractivity contribution in [3.63, 3.8) is 0 Å². The largest absolute Gasteiger partial charge is 0.350 e. The minimum atomic E-state index is -0.836. The maximum Gasteiger partial charge on any atom is 0.338 e. The van der Waals surface area contributed by atoms with Gasteiger partial charge in [0.1, 0.15) is 0 Å². The van der Waals surface area contributed by atoms with Crippen molar-refractivity contribution in [1.82, 2.24) is 5.06 Å². The predicted molar refractivity (Wildman–Crippen MR) is 108 cm³/mol. The molecule has 3 N–H and O–H groups in total. The molecule has 0 aromatic heterocycles. The Morgan fingerprint density at radius 3 is 2.42 bits per heavy atom. The van der Waals surface area contributed by atoms with Gasteiger partial charge < -0.3 is 5.73 Å². The maximum absolute atomic E-state index is 11.1. The van der Waals surface area contributed by atoms with Crippen LogP contribution in [0.3, 0.4) is 0 Å². The number of allylic oxidation sites excluding steroid dienone is 2. The normalized spacial score (nSPS) is 14.7. The number of hydrogen-bond acceptors (Lipinski definition) is 3. The summed E-state index contributed by atoms with van der Waals surface area (Å²) in [4.78, 5) is 12.3. The van der Waals surface area contributed by atoms with E-state index in [0.717, 1.165) is 16.7 Å². The summed E-state index contributed by atoms with van der Waals surface area (Å²) in [6.45, 7) is 2.25. The number of carbonyl (C=O) groups is 1. The number of benzene rings is 2. The number of urea groups is 1. The Morgan fingerprint density at radius 1 is 1.15 bits per heavy atom. The first kappa shape index (κ1) is 18.3. The number of fused-ring (bicyclic) bond motifs is 1. The molecule has 3 rings (SSSR count). The zero-order chi connectivity index (χ0) is 18.7. The summed E-state index contributed by atoms with van der Waals surface area (Å²) in [6, 6.07) is 15.9. The number of amides is 2. The molecule has 0 bridgehead atoms. The highest BCUT2D eigenvalue weighted by atomic mass is 32.2. The molecule has 0 radical (unpaired) electrons. The predicted octanol–water partition coefficient (Wildman–Crippen LogP) is 4.90. The summed E-state index contributed by atoms with van der Waals surface area (Å²) in [7, 11) is 0. The summed E-state index contributed by atoms with van der Waals surface area (Å²) >= 11 is 1.72. The lowest BCUT2D eigenvalue weighted by Gasteiger charge is -2.14. The monoisotopic (exact) mass is 366 g/mol. The number of nitrogens with zero attached hydrogens (tertiary/aromatic N) is 1. The number of nitrogens with two attached hydrogens (primary N) is 1. The maximum atomic E-state index is 11.1. The molecule has 4 nitrogen and oxygen atoms in total. The Morgan fingerprint density at radius 2 is 1.81 bits per heavy atom. The van der Waals surface area contributed by atoms with E-state index in [1.54, 1.807) is 11.8 Å². The van der Waals surface area contributed by atoms with Crippen LogP contribution >= 0.6 is 11.8 Å². The van der Waals surface area contributed by atoms with Crippen molar-refractivity contribution in [3.8, 4) is 0 Å². The molecular weight excluding hydrogens is 344 g/mol. The van der Waals surface area contributed by atoms with Crippen LogP contribution in [0.1, 0.15) is 30.0 Å². The second kappa shape index (κ2) is 7.81. The molecule has 2 aromatic carbocycles. The average Bonchev–Trinajstić information content (AvgIpc) is 2.92. The highest BCUT2D eigenvalue weighted by Crippen LogP contribution is 2.43. The fourth-order valence-corrected chi connectivity index (χ4v) is 3.66. The van der Waals surface area contributed by atoms with Crippen molar-refractivity contribution in [3.05, 3.63) is 70.8 Å². The van der Waals surface area contributed by atoms with Gasteiger partial charge in [-0.3, -0.25) is 5.21 Å². The third-order valence-corrected chi connectivity index (χ3v) is 5.40. The van der Waals surface area contributed by atoms with Crippen LogP contribution in [0.15, 0.2) is 59.0 Å². The molecule has 0 unspecified atom stereocenters. The van der Waals surface area contributed by atoms with Gasteiger partial charge in [-0.1, -0.05) is 36.4 Å². The molecule has 2 amide bonds. The summed E-state index contributed by atoms with van der Waals surface area (Å²) < 4.78 is 0. The fourth-order valence-electron chi connectivity index (χ4n) is 3.25. The quantitative estimate of drug-likeness (QED) is 0.449. The van der Waals surface area contributed by atoms with Gasteiger partial charge in [-0.15, -0.1) is 11.8 Å². The number of rotatable bonds is 5. The van der Waals surface area contributed by atoms with Crippen LogP contribution in [0.2, 0.25) is 0 Å². The lowest BCUT2D eigenvalue weighted by Crippen LogP contribution is -2.33. The van der Waals surface area contributed by atoms with Crippen molar-refractivity contribution >= 4 is 35.0 Å². The zero-order valence-electron chi connectivity index (χ0n) is 14.9. The molecule has 134 valence electrons. The molecule has 0 spiro atoms. The van der Waals surface area contributed by atoms with Crippen LogP contribution in [0.4, 0.5) is 4.79 Å². The Kier molecular flexibility index (Phi) is 5.49. The van der Waals surface area contributed by atoms with Crippen molar-refractivity contribution in [1.29, 1.82) is 0 Å². The topological polar surface area (TPSA) is 66.6 Å². The molecule has 0 saturated heterocycles. The molecule has 0 heterocycles. The highest BCUT2D eigenvalue weighted by molar-refractivity contribution is 7.98. The van der Waals surface area contributed by atoms with Crippen LogP contribution in [-0.4, -0.2) is 29.1 Å². The van der Waals surface area contributed by atoms with Gasteiger partial charge in [-0.25, -0.2) is 9.86 Å². The van der Waals surface area contributed by atoms with Crippen LogP contribution < -0.4 is 5.73 Å². The number of thioether (sulfide) groups is 1. The van der Waals surface area contributed by atoms with E-state index in [2.05, 4.69) is 55.7 Å². The summed E-state index contributed by atoms with van der Waals surface area (Å²) in [6.07, 6.45) is 4.76. The molecular formula is C21H22N2O2S. The Bertz CT molecular complexity index is 885. The first-order valence-electron chi connectivity index (χ1n) is 8.42. The Balaban J connectivity index is 1.98. The smallest absolute Gasteiger partial charge is 0.338 e. The van der Waals surface area contributed by atoms with E-state index in [0.29, 0.717) is 11.5 Å². The summed E-state index contributed by atoms with van der Waals surface area (Å²) in [5, 5.41) is 10.2. The van der Waals surface area contributed by atoms with E-state index in [9.17, 15) is 10.0 Å². The molecule has 1 aliphatic carbocycles. The minimum absolute atomic E-state index is 0.165. The van der Waals surface area contributed by atoms with E-state index >= 15 is 0 Å². The molecule has 2 aromatic rings. The number of carbonyl (C=O) groups excluding carboxylic acids is 1. The van der Waals surface area contributed by atoms with Crippen LogP contribution in [0, 0.1) is 0 Å². The molecule has 0 saturated carbocycles. The number of hydroxylamine groups is 2. The van der Waals surface area contributed by atoms with Crippen molar-refractivity contribution < 1.29 is 10.0 Å². The van der Waals surface area contributed by atoms with Gasteiger partial charge in [0.25, 0.3) is 0 Å².